The zero-order valence-corrected chi connectivity index (χ0v) is 28.5. The summed E-state index contributed by atoms with van der Waals surface area (Å²) in [6.45, 7) is 15.5. The number of hydrogen-bond acceptors (Lipinski definition) is 11. The van der Waals surface area contributed by atoms with Gasteiger partial charge in [0.05, 0.1) is 30.6 Å². The Balaban J connectivity index is 0.000000434. The highest BCUT2D eigenvalue weighted by Gasteiger charge is 2.55. The van der Waals surface area contributed by atoms with E-state index in [9.17, 15) is 14.4 Å². The van der Waals surface area contributed by atoms with E-state index < -0.39 is 35.5 Å². The number of benzene rings is 2. The highest BCUT2D eigenvalue weighted by molar-refractivity contribution is 6.79. The van der Waals surface area contributed by atoms with Gasteiger partial charge in [-0.25, -0.2) is 0 Å². The van der Waals surface area contributed by atoms with E-state index in [0.29, 0.717) is 31.6 Å². The molecule has 0 saturated carbocycles. The Bertz CT molecular complexity index is 1060. The summed E-state index contributed by atoms with van der Waals surface area (Å²) < 4.78 is 44.1. The molecule has 2 aromatic carbocycles. The molecule has 0 heterocycles. The van der Waals surface area contributed by atoms with Crippen molar-refractivity contribution in [2.75, 3.05) is 33.0 Å². The molecule has 0 fully saturated rings. The van der Waals surface area contributed by atoms with E-state index in [-0.39, 0.29) is 18.8 Å². The molecule has 0 unspecified atom stereocenters. The van der Waals surface area contributed by atoms with Gasteiger partial charge in [-0.05, 0) is 41.5 Å². The minimum absolute atomic E-state index is 0.183. The van der Waals surface area contributed by atoms with Crippen molar-refractivity contribution in [3.63, 3.8) is 0 Å². The van der Waals surface area contributed by atoms with Crippen LogP contribution in [0.2, 0.25) is 0 Å². The molecule has 13 heteroatoms. The molecule has 2 rings (SSSR count). The summed E-state index contributed by atoms with van der Waals surface area (Å²) in [6, 6.07) is 18.1. The van der Waals surface area contributed by atoms with Crippen LogP contribution in [0.3, 0.4) is 0 Å². The van der Waals surface area contributed by atoms with Crippen molar-refractivity contribution in [1.82, 2.24) is 0 Å². The van der Waals surface area contributed by atoms with Crippen molar-refractivity contribution in [1.29, 1.82) is 0 Å². The molecule has 43 heavy (non-hydrogen) atoms. The van der Waals surface area contributed by atoms with E-state index in [4.69, 9.17) is 36.0 Å². The summed E-state index contributed by atoms with van der Waals surface area (Å²) in [7, 11) is -6.89. The Labute approximate surface area is 257 Å². The summed E-state index contributed by atoms with van der Waals surface area (Å²) in [5, 5.41) is 1.32. The zero-order valence-electron chi connectivity index (χ0n) is 26.5. The molecule has 2 aromatic rings. The monoisotopic (exact) mass is 638 g/mol. The summed E-state index contributed by atoms with van der Waals surface area (Å²) in [5.41, 5.74) is 0. The molecule has 0 spiro atoms. The third-order valence-corrected chi connectivity index (χ3v) is 10.7. The lowest BCUT2D eigenvalue weighted by Gasteiger charge is -2.29. The minimum atomic E-state index is -4.06. The Morgan fingerprint density at radius 2 is 1.05 bits per heavy atom. The Kier molecular flexibility index (Phi) is 17.8. The van der Waals surface area contributed by atoms with Crippen molar-refractivity contribution in [3.05, 3.63) is 60.7 Å². The van der Waals surface area contributed by atoms with Gasteiger partial charge >= 0.3 is 23.6 Å². The Hall–Kier alpha value is -2.92. The van der Waals surface area contributed by atoms with Gasteiger partial charge in [-0.1, -0.05) is 60.7 Å². The Morgan fingerprint density at radius 1 is 0.605 bits per heavy atom. The maximum atomic E-state index is 12.0. The van der Waals surface area contributed by atoms with Crippen LogP contribution in [0.15, 0.2) is 60.7 Å². The molecule has 0 radical (unpaired) electrons. The van der Waals surface area contributed by atoms with Crippen molar-refractivity contribution in [2.45, 2.75) is 67.6 Å². The van der Waals surface area contributed by atoms with Crippen LogP contribution in [0.25, 0.3) is 0 Å². The first-order valence-corrected chi connectivity index (χ1v) is 17.7. The average Bonchev–Trinajstić information content (AvgIpc) is 2.95. The van der Waals surface area contributed by atoms with Gasteiger partial charge in [0, 0.05) is 32.2 Å². The number of carbonyl (C=O) groups is 3. The van der Waals surface area contributed by atoms with Gasteiger partial charge in [-0.15, -0.1) is 0 Å². The van der Waals surface area contributed by atoms with E-state index in [1.807, 2.05) is 58.0 Å². The second-order valence-electron chi connectivity index (χ2n) is 9.50. The smallest absolute Gasteiger partial charge is 0.452 e. The first kappa shape index (κ1) is 38.1. The van der Waals surface area contributed by atoms with Crippen LogP contribution in [0.4, 0.5) is 0 Å². The summed E-state index contributed by atoms with van der Waals surface area (Å²) in [4.78, 5) is 34.9. The highest BCUT2D eigenvalue weighted by atomic mass is 28.4. The molecule has 0 aliphatic carbocycles. The fraction of sp³-hybridized carbons (Fsp3) is 0.500. The minimum Gasteiger partial charge on any atom is -0.452 e. The second kappa shape index (κ2) is 20.1. The van der Waals surface area contributed by atoms with Crippen LogP contribution >= 0.6 is 0 Å². The predicted octanol–water partition coefficient (Wildman–Crippen LogP) is 3.27. The van der Waals surface area contributed by atoms with Crippen LogP contribution in [-0.4, -0.2) is 80.8 Å². The third-order valence-electron chi connectivity index (χ3n) is 5.09. The fourth-order valence-electron chi connectivity index (χ4n) is 3.53. The SMILES string of the molecule is CC(=O)O[Si](OC(C)=O)(OC(=O)COC(C)C)c1ccccc1.CCO[Si](OCC)(OCCOC(C)C)c1ccccc1. The molecule has 0 aliphatic heterocycles. The molecule has 0 amide bonds. The van der Waals surface area contributed by atoms with E-state index in [1.165, 1.54) is 0 Å². The van der Waals surface area contributed by atoms with Gasteiger partial charge in [0.25, 0.3) is 11.9 Å². The molecule has 0 atom stereocenters. The lowest BCUT2D eigenvalue weighted by atomic mass is 10.4. The zero-order chi connectivity index (χ0) is 32.3. The fourth-order valence-corrected chi connectivity index (χ4v) is 8.19. The summed E-state index contributed by atoms with van der Waals surface area (Å²) in [6.07, 6.45) is 0.0170. The van der Waals surface area contributed by atoms with E-state index in [2.05, 4.69) is 0 Å². The maximum Gasteiger partial charge on any atom is 0.742 e. The van der Waals surface area contributed by atoms with Crippen LogP contribution in [-0.2, 0) is 50.4 Å². The molecule has 11 nitrogen and oxygen atoms in total. The standard InChI is InChI=1S/C15H20O7Si.C15H26O4Si/c1-11(2)19-10-15(18)22-23(20-12(3)16,21-13(4)17)14-8-6-5-7-9-14;1-5-17-20(18-6-2,15-10-8-7-9-11-15)19-13-12-16-14(3)4/h5-9,11H,10H2,1-4H3;7-11,14H,5-6,12-13H2,1-4H3. The van der Waals surface area contributed by atoms with E-state index in [0.717, 1.165) is 19.0 Å². The van der Waals surface area contributed by atoms with Crippen molar-refractivity contribution in [3.8, 4) is 0 Å². The highest BCUT2D eigenvalue weighted by Crippen LogP contribution is 2.13. The average molecular weight is 639 g/mol. The lowest BCUT2D eigenvalue weighted by molar-refractivity contribution is -0.151. The lowest BCUT2D eigenvalue weighted by Crippen LogP contribution is -2.59. The Morgan fingerprint density at radius 3 is 1.44 bits per heavy atom. The quantitative estimate of drug-likeness (QED) is 0.187. The second-order valence-corrected chi connectivity index (χ2v) is 14.4. The first-order chi connectivity index (χ1) is 20.4. The molecule has 0 aliphatic rings. The number of ether oxygens (including phenoxy) is 2. The van der Waals surface area contributed by atoms with Crippen LogP contribution in [0.1, 0.15) is 55.4 Å². The largest absolute Gasteiger partial charge is 0.742 e. The number of carbonyl (C=O) groups excluding carboxylic acids is 3. The van der Waals surface area contributed by atoms with E-state index >= 15 is 0 Å². The van der Waals surface area contributed by atoms with Crippen LogP contribution < -0.4 is 10.4 Å². The van der Waals surface area contributed by atoms with Crippen molar-refractivity contribution in [2.24, 2.45) is 0 Å². The van der Waals surface area contributed by atoms with Crippen molar-refractivity contribution < 1.29 is 50.4 Å². The topological polar surface area (TPSA) is 125 Å². The maximum absolute atomic E-state index is 12.0. The molecule has 240 valence electrons. The van der Waals surface area contributed by atoms with Gasteiger partial charge in [-0.3, -0.25) is 14.4 Å². The molecule has 0 saturated heterocycles. The van der Waals surface area contributed by atoms with E-state index in [1.54, 1.807) is 44.2 Å². The predicted molar refractivity (Wildman–Crippen MR) is 165 cm³/mol. The molecule has 0 bridgehead atoms. The summed E-state index contributed by atoms with van der Waals surface area (Å²) >= 11 is 0. The van der Waals surface area contributed by atoms with Gasteiger partial charge in [0.15, 0.2) is 0 Å². The number of rotatable bonds is 17. The van der Waals surface area contributed by atoms with Gasteiger partial charge in [-0.2, -0.15) is 0 Å². The van der Waals surface area contributed by atoms with Crippen molar-refractivity contribution >= 4 is 45.9 Å². The molecular formula is C30H46O11Si2. The molecule has 0 N–H and O–H groups in total. The van der Waals surface area contributed by atoms with Gasteiger partial charge in [0.1, 0.15) is 6.61 Å². The van der Waals surface area contributed by atoms with Crippen LogP contribution in [0, 0.1) is 0 Å². The molecule has 0 aromatic heterocycles. The molecular weight excluding hydrogens is 592 g/mol. The first-order valence-electron chi connectivity index (χ1n) is 14.3. The van der Waals surface area contributed by atoms with Gasteiger partial charge in [0.2, 0.25) is 0 Å². The third kappa shape index (κ3) is 14.4. The number of hydrogen-bond donors (Lipinski definition) is 0. The normalized spacial score (nSPS) is 11.5. The van der Waals surface area contributed by atoms with Crippen LogP contribution in [0.5, 0.6) is 0 Å². The summed E-state index contributed by atoms with van der Waals surface area (Å²) in [5.74, 6) is -2.23. The van der Waals surface area contributed by atoms with Gasteiger partial charge < -0.3 is 36.0 Å².